The first kappa shape index (κ1) is 19.0. The van der Waals surface area contributed by atoms with Crippen LogP contribution in [-0.4, -0.2) is 36.1 Å². The molecular formula is C23H20F2N4. The third-order valence-electron chi connectivity index (χ3n) is 5.28. The van der Waals surface area contributed by atoms with Gasteiger partial charge in [0.15, 0.2) is 0 Å². The summed E-state index contributed by atoms with van der Waals surface area (Å²) in [5, 5.41) is 8.91. The molecule has 1 aliphatic rings. The molecule has 0 atom stereocenters. The Kier molecular flexibility index (Phi) is 5.50. The van der Waals surface area contributed by atoms with Crippen LogP contribution in [0.1, 0.15) is 22.9 Å². The van der Waals surface area contributed by atoms with E-state index in [9.17, 15) is 8.78 Å². The van der Waals surface area contributed by atoms with Gasteiger partial charge in [0.1, 0.15) is 23.4 Å². The van der Waals surface area contributed by atoms with Gasteiger partial charge in [0.05, 0.1) is 17.9 Å². The SMILES string of the molecule is N#Cc1ccc(N2CCN(C(c3ccc(F)cc3)c3ccc(F)cc3)CC2)cn1. The standard InChI is InChI=1S/C23H20F2N4/c24-19-5-1-17(2-6-19)23(18-3-7-20(25)8-4-18)29-13-11-28(12-14-29)22-10-9-21(15-26)27-16-22/h1-10,16,23H,11-14H2. The summed E-state index contributed by atoms with van der Waals surface area (Å²) in [4.78, 5) is 8.71. The van der Waals surface area contributed by atoms with Gasteiger partial charge in [-0.3, -0.25) is 4.90 Å². The molecule has 0 saturated carbocycles. The first-order valence-electron chi connectivity index (χ1n) is 9.50. The van der Waals surface area contributed by atoms with E-state index in [4.69, 9.17) is 5.26 Å². The molecule has 0 amide bonds. The summed E-state index contributed by atoms with van der Waals surface area (Å²) in [6.45, 7) is 3.18. The van der Waals surface area contributed by atoms with Gasteiger partial charge in [-0.15, -0.1) is 0 Å². The number of anilines is 1. The Hall–Kier alpha value is -3.30. The molecule has 1 fully saturated rings. The number of hydrogen-bond acceptors (Lipinski definition) is 4. The molecule has 0 unspecified atom stereocenters. The largest absolute Gasteiger partial charge is 0.368 e. The summed E-state index contributed by atoms with van der Waals surface area (Å²) in [6, 6.07) is 18.6. The van der Waals surface area contributed by atoms with Crippen LogP contribution in [0.4, 0.5) is 14.5 Å². The van der Waals surface area contributed by atoms with Gasteiger partial charge in [-0.05, 0) is 47.5 Å². The lowest BCUT2D eigenvalue weighted by Gasteiger charge is -2.40. The van der Waals surface area contributed by atoms with Crippen molar-refractivity contribution in [2.24, 2.45) is 0 Å². The second-order valence-corrected chi connectivity index (χ2v) is 7.04. The molecule has 0 N–H and O–H groups in total. The first-order chi connectivity index (χ1) is 14.1. The fourth-order valence-corrected chi connectivity index (χ4v) is 3.78. The van der Waals surface area contributed by atoms with Crippen LogP contribution in [0, 0.1) is 23.0 Å². The molecule has 0 spiro atoms. The van der Waals surface area contributed by atoms with Crippen molar-refractivity contribution in [3.8, 4) is 6.07 Å². The highest BCUT2D eigenvalue weighted by Gasteiger charge is 2.26. The minimum Gasteiger partial charge on any atom is -0.368 e. The van der Waals surface area contributed by atoms with Gasteiger partial charge < -0.3 is 4.90 Å². The predicted molar refractivity (Wildman–Crippen MR) is 107 cm³/mol. The van der Waals surface area contributed by atoms with Crippen LogP contribution in [0.2, 0.25) is 0 Å². The van der Waals surface area contributed by atoms with Crippen molar-refractivity contribution >= 4 is 5.69 Å². The lowest BCUT2D eigenvalue weighted by atomic mass is 9.96. The van der Waals surface area contributed by atoms with Gasteiger partial charge in [-0.25, -0.2) is 13.8 Å². The van der Waals surface area contributed by atoms with E-state index in [1.54, 1.807) is 36.5 Å². The average Bonchev–Trinajstić information content (AvgIpc) is 2.77. The van der Waals surface area contributed by atoms with E-state index < -0.39 is 0 Å². The minimum atomic E-state index is -0.273. The van der Waals surface area contributed by atoms with E-state index in [-0.39, 0.29) is 17.7 Å². The van der Waals surface area contributed by atoms with Crippen molar-refractivity contribution in [1.29, 1.82) is 5.26 Å². The Morgan fingerprint density at radius 1 is 0.793 bits per heavy atom. The first-order valence-corrected chi connectivity index (χ1v) is 9.50. The van der Waals surface area contributed by atoms with Crippen molar-refractivity contribution in [2.75, 3.05) is 31.1 Å². The Bertz CT molecular complexity index is 942. The molecule has 0 bridgehead atoms. The smallest absolute Gasteiger partial charge is 0.140 e. The topological polar surface area (TPSA) is 43.2 Å². The summed E-state index contributed by atoms with van der Waals surface area (Å²) >= 11 is 0. The normalized spacial score (nSPS) is 14.8. The van der Waals surface area contributed by atoms with Crippen LogP contribution >= 0.6 is 0 Å². The molecule has 2 heterocycles. The number of rotatable bonds is 4. The van der Waals surface area contributed by atoms with Crippen molar-refractivity contribution in [2.45, 2.75) is 6.04 Å². The molecule has 1 aromatic heterocycles. The average molecular weight is 390 g/mol. The monoisotopic (exact) mass is 390 g/mol. The molecular weight excluding hydrogens is 370 g/mol. The summed E-state index contributed by atoms with van der Waals surface area (Å²) in [7, 11) is 0. The van der Waals surface area contributed by atoms with Crippen molar-refractivity contribution in [3.63, 3.8) is 0 Å². The minimum absolute atomic E-state index is 0.0718. The quantitative estimate of drug-likeness (QED) is 0.672. The van der Waals surface area contributed by atoms with Crippen molar-refractivity contribution < 1.29 is 8.78 Å². The maximum atomic E-state index is 13.4. The molecule has 0 aliphatic carbocycles. The Morgan fingerprint density at radius 2 is 1.34 bits per heavy atom. The molecule has 1 aliphatic heterocycles. The van der Waals surface area contributed by atoms with E-state index >= 15 is 0 Å². The van der Waals surface area contributed by atoms with E-state index in [1.807, 2.05) is 12.1 Å². The second kappa shape index (κ2) is 8.38. The number of halogens is 2. The zero-order chi connectivity index (χ0) is 20.2. The Labute approximate surface area is 168 Å². The fourth-order valence-electron chi connectivity index (χ4n) is 3.78. The molecule has 146 valence electrons. The lowest BCUT2D eigenvalue weighted by Crippen LogP contribution is -2.48. The number of pyridine rings is 1. The van der Waals surface area contributed by atoms with E-state index in [2.05, 4.69) is 14.8 Å². The molecule has 2 aromatic carbocycles. The number of piperazine rings is 1. The Balaban J connectivity index is 1.55. The number of benzene rings is 2. The molecule has 1 saturated heterocycles. The van der Waals surface area contributed by atoms with Gasteiger partial charge in [0.25, 0.3) is 0 Å². The predicted octanol–water partition coefficient (Wildman–Crippen LogP) is 4.14. The summed E-state index contributed by atoms with van der Waals surface area (Å²) < 4.78 is 26.9. The second-order valence-electron chi connectivity index (χ2n) is 7.04. The lowest BCUT2D eigenvalue weighted by molar-refractivity contribution is 0.212. The number of nitrogens with zero attached hydrogens (tertiary/aromatic N) is 4. The van der Waals surface area contributed by atoms with E-state index in [1.165, 1.54) is 24.3 Å². The third-order valence-corrected chi connectivity index (χ3v) is 5.28. The summed E-state index contributed by atoms with van der Waals surface area (Å²) in [5.41, 5.74) is 3.35. The number of hydrogen-bond donors (Lipinski definition) is 0. The van der Waals surface area contributed by atoms with Crippen LogP contribution in [0.25, 0.3) is 0 Å². The molecule has 3 aromatic rings. The summed E-state index contributed by atoms with van der Waals surface area (Å²) in [5.74, 6) is -0.547. The van der Waals surface area contributed by atoms with Gasteiger partial charge in [0, 0.05) is 26.2 Å². The van der Waals surface area contributed by atoms with Crippen molar-refractivity contribution in [1.82, 2.24) is 9.88 Å². The zero-order valence-electron chi connectivity index (χ0n) is 15.8. The number of nitriles is 1. The van der Waals surface area contributed by atoms with Crippen LogP contribution in [-0.2, 0) is 0 Å². The maximum Gasteiger partial charge on any atom is 0.140 e. The van der Waals surface area contributed by atoms with Gasteiger partial charge in [-0.1, -0.05) is 24.3 Å². The maximum absolute atomic E-state index is 13.4. The van der Waals surface area contributed by atoms with Crippen molar-refractivity contribution in [3.05, 3.63) is 95.3 Å². The third kappa shape index (κ3) is 4.25. The van der Waals surface area contributed by atoms with Gasteiger partial charge in [-0.2, -0.15) is 5.26 Å². The molecule has 4 rings (SSSR count). The van der Waals surface area contributed by atoms with Crippen LogP contribution in [0.5, 0.6) is 0 Å². The van der Waals surface area contributed by atoms with E-state index in [0.29, 0.717) is 5.69 Å². The molecule has 4 nitrogen and oxygen atoms in total. The van der Waals surface area contributed by atoms with Gasteiger partial charge in [0.2, 0.25) is 0 Å². The fraction of sp³-hybridized carbons (Fsp3) is 0.217. The molecule has 0 radical (unpaired) electrons. The number of aromatic nitrogens is 1. The highest BCUT2D eigenvalue weighted by atomic mass is 19.1. The summed E-state index contributed by atoms with van der Waals surface area (Å²) in [6.07, 6.45) is 1.73. The highest BCUT2D eigenvalue weighted by Crippen LogP contribution is 2.30. The Morgan fingerprint density at radius 3 is 1.79 bits per heavy atom. The highest BCUT2D eigenvalue weighted by molar-refractivity contribution is 5.46. The molecule has 29 heavy (non-hydrogen) atoms. The zero-order valence-corrected chi connectivity index (χ0v) is 15.8. The van der Waals surface area contributed by atoms with E-state index in [0.717, 1.165) is 43.0 Å². The van der Waals surface area contributed by atoms with Crippen LogP contribution in [0.15, 0.2) is 66.9 Å². The van der Waals surface area contributed by atoms with Gasteiger partial charge >= 0.3 is 0 Å². The van der Waals surface area contributed by atoms with Crippen LogP contribution in [0.3, 0.4) is 0 Å². The van der Waals surface area contributed by atoms with Crippen LogP contribution < -0.4 is 4.90 Å². The molecule has 6 heteroatoms.